The number of benzene rings is 3. The minimum absolute atomic E-state index is 0.238. The van der Waals surface area contributed by atoms with Crippen LogP contribution in [0.15, 0.2) is 77.0 Å². The zero-order chi connectivity index (χ0) is 20.0. The number of carbonyl (C=O) groups is 2. The van der Waals surface area contributed by atoms with Gasteiger partial charge in [-0.05, 0) is 34.9 Å². The molecule has 3 aromatic carbocycles. The summed E-state index contributed by atoms with van der Waals surface area (Å²) < 4.78 is 1.06. The molecule has 0 bridgehead atoms. The Hall–Kier alpha value is -2.89. The fourth-order valence-electron chi connectivity index (χ4n) is 3.89. The van der Waals surface area contributed by atoms with Gasteiger partial charge in [0.25, 0.3) is 11.8 Å². The topological polar surface area (TPSA) is 37.4 Å². The van der Waals surface area contributed by atoms with E-state index in [1.54, 1.807) is 35.2 Å². The SMILES string of the molecule is CCSc1c2c(c(-c3ccccc3)c3sccc13)C(=O)N(c1ccccc1)C2=O. The molecule has 0 atom stereocenters. The maximum absolute atomic E-state index is 13.6. The molecular weight excluding hydrogens is 398 g/mol. The van der Waals surface area contributed by atoms with Gasteiger partial charge in [-0.15, -0.1) is 23.1 Å². The van der Waals surface area contributed by atoms with Crippen LogP contribution in [0, 0.1) is 0 Å². The van der Waals surface area contributed by atoms with E-state index in [-0.39, 0.29) is 11.8 Å². The normalized spacial score (nSPS) is 13.3. The van der Waals surface area contributed by atoms with E-state index in [0.717, 1.165) is 31.9 Å². The third-order valence-electron chi connectivity index (χ3n) is 5.06. The third-order valence-corrected chi connectivity index (χ3v) is 7.00. The number of anilines is 1. The van der Waals surface area contributed by atoms with Gasteiger partial charge in [0.2, 0.25) is 0 Å². The largest absolute Gasteiger partial charge is 0.268 e. The van der Waals surface area contributed by atoms with Gasteiger partial charge in [-0.2, -0.15) is 0 Å². The minimum atomic E-state index is -0.247. The monoisotopic (exact) mass is 415 g/mol. The van der Waals surface area contributed by atoms with Gasteiger partial charge in [0.1, 0.15) is 0 Å². The van der Waals surface area contributed by atoms with Gasteiger partial charge in [0, 0.05) is 20.5 Å². The van der Waals surface area contributed by atoms with E-state index < -0.39 is 0 Å². The lowest BCUT2D eigenvalue weighted by Gasteiger charge is -2.13. The lowest BCUT2D eigenvalue weighted by atomic mass is 9.94. The molecule has 0 spiro atoms. The third kappa shape index (κ3) is 2.73. The first-order valence-electron chi connectivity index (χ1n) is 9.41. The molecule has 0 N–H and O–H groups in total. The van der Waals surface area contributed by atoms with E-state index in [4.69, 9.17) is 0 Å². The van der Waals surface area contributed by atoms with E-state index in [0.29, 0.717) is 16.8 Å². The van der Waals surface area contributed by atoms with Crippen molar-refractivity contribution >= 4 is 50.7 Å². The highest BCUT2D eigenvalue weighted by atomic mass is 32.2. The van der Waals surface area contributed by atoms with Gasteiger partial charge in [0.05, 0.1) is 16.8 Å². The minimum Gasteiger partial charge on any atom is -0.268 e. The van der Waals surface area contributed by atoms with Gasteiger partial charge >= 0.3 is 0 Å². The van der Waals surface area contributed by atoms with Crippen molar-refractivity contribution in [2.45, 2.75) is 11.8 Å². The van der Waals surface area contributed by atoms with E-state index >= 15 is 0 Å². The molecule has 3 nitrogen and oxygen atoms in total. The second-order valence-corrected chi connectivity index (χ2v) is 8.89. The van der Waals surface area contributed by atoms with Crippen LogP contribution in [-0.2, 0) is 0 Å². The van der Waals surface area contributed by atoms with Crippen LogP contribution in [0.5, 0.6) is 0 Å². The predicted molar refractivity (Wildman–Crippen MR) is 121 cm³/mol. The summed E-state index contributed by atoms with van der Waals surface area (Å²) in [7, 11) is 0. The number of imide groups is 1. The van der Waals surface area contributed by atoms with Crippen LogP contribution >= 0.6 is 23.1 Å². The van der Waals surface area contributed by atoms with Crippen LogP contribution in [0.25, 0.3) is 21.2 Å². The summed E-state index contributed by atoms with van der Waals surface area (Å²) in [6.45, 7) is 2.07. The zero-order valence-electron chi connectivity index (χ0n) is 15.7. The highest BCUT2D eigenvalue weighted by molar-refractivity contribution is 7.99. The first-order valence-corrected chi connectivity index (χ1v) is 11.3. The molecule has 0 saturated carbocycles. The summed E-state index contributed by atoms with van der Waals surface area (Å²) in [6, 6.07) is 21.1. The van der Waals surface area contributed by atoms with Crippen LogP contribution in [0.1, 0.15) is 27.6 Å². The number of amides is 2. The highest BCUT2D eigenvalue weighted by Crippen LogP contribution is 2.47. The Kier molecular flexibility index (Phi) is 4.49. The molecule has 2 amide bonds. The molecule has 5 rings (SSSR count). The molecule has 0 fully saturated rings. The molecule has 0 saturated heterocycles. The zero-order valence-corrected chi connectivity index (χ0v) is 17.3. The Morgan fingerprint density at radius 2 is 1.48 bits per heavy atom. The molecule has 5 heteroatoms. The maximum Gasteiger partial charge on any atom is 0.267 e. The highest BCUT2D eigenvalue weighted by Gasteiger charge is 2.42. The number of thioether (sulfide) groups is 1. The molecule has 1 aliphatic heterocycles. The van der Waals surface area contributed by atoms with Gasteiger partial charge < -0.3 is 0 Å². The van der Waals surface area contributed by atoms with Gasteiger partial charge in [-0.25, -0.2) is 4.90 Å². The molecule has 1 aliphatic rings. The van der Waals surface area contributed by atoms with Crippen LogP contribution < -0.4 is 4.90 Å². The summed E-state index contributed by atoms with van der Waals surface area (Å²) >= 11 is 3.25. The Morgan fingerprint density at radius 1 is 0.828 bits per heavy atom. The fourth-order valence-corrected chi connectivity index (χ4v) is 5.88. The van der Waals surface area contributed by atoms with Crippen molar-refractivity contribution in [1.29, 1.82) is 0 Å². The lowest BCUT2D eigenvalue weighted by Crippen LogP contribution is -2.29. The standard InChI is InChI=1S/C24H17NO2S2/c1-2-28-22-17-13-14-29-21(17)18(15-9-5-3-6-10-15)19-20(22)24(27)25(23(19)26)16-11-7-4-8-12-16/h3-14H,2H2,1H3. The predicted octanol–water partition coefficient (Wildman–Crippen LogP) is 6.48. The molecule has 2 heterocycles. The number of rotatable bonds is 4. The lowest BCUT2D eigenvalue weighted by molar-refractivity contribution is 0.0925. The van der Waals surface area contributed by atoms with E-state index in [2.05, 4.69) is 13.0 Å². The molecule has 1 aromatic heterocycles. The molecule has 0 radical (unpaired) electrons. The number of thiophene rings is 1. The van der Waals surface area contributed by atoms with E-state index in [9.17, 15) is 9.59 Å². The molecule has 0 unspecified atom stereocenters. The Bertz CT molecular complexity index is 1250. The summed E-state index contributed by atoms with van der Waals surface area (Å²) in [5.41, 5.74) is 3.49. The molecule has 29 heavy (non-hydrogen) atoms. The number of carbonyl (C=O) groups excluding carboxylic acids is 2. The van der Waals surface area contributed by atoms with Crippen LogP contribution in [-0.4, -0.2) is 17.6 Å². The van der Waals surface area contributed by atoms with Gasteiger partial charge in [-0.3, -0.25) is 9.59 Å². The number of fused-ring (bicyclic) bond motifs is 2. The Morgan fingerprint density at radius 3 is 2.17 bits per heavy atom. The summed E-state index contributed by atoms with van der Waals surface area (Å²) in [5, 5.41) is 3.09. The summed E-state index contributed by atoms with van der Waals surface area (Å²) in [4.78, 5) is 29.4. The fraction of sp³-hybridized carbons (Fsp3) is 0.0833. The van der Waals surface area contributed by atoms with Crippen LogP contribution in [0.3, 0.4) is 0 Å². The van der Waals surface area contributed by atoms with Crippen LogP contribution in [0.4, 0.5) is 5.69 Å². The van der Waals surface area contributed by atoms with Gasteiger partial charge in [-0.1, -0.05) is 55.5 Å². The van der Waals surface area contributed by atoms with Crippen molar-refractivity contribution in [1.82, 2.24) is 0 Å². The number of nitrogens with zero attached hydrogens (tertiary/aromatic N) is 1. The second-order valence-electron chi connectivity index (χ2n) is 6.70. The van der Waals surface area contributed by atoms with E-state index in [1.165, 1.54) is 4.90 Å². The van der Waals surface area contributed by atoms with Crippen molar-refractivity contribution in [2.75, 3.05) is 10.7 Å². The number of para-hydroxylation sites is 1. The average Bonchev–Trinajstić information content (AvgIpc) is 3.33. The molecule has 0 aliphatic carbocycles. The number of hydrogen-bond donors (Lipinski definition) is 0. The molecular formula is C24H17NO2S2. The van der Waals surface area contributed by atoms with Crippen molar-refractivity contribution < 1.29 is 9.59 Å². The van der Waals surface area contributed by atoms with Crippen molar-refractivity contribution in [2.24, 2.45) is 0 Å². The smallest absolute Gasteiger partial charge is 0.267 e. The van der Waals surface area contributed by atoms with Crippen molar-refractivity contribution in [3.05, 3.63) is 83.2 Å². The van der Waals surface area contributed by atoms with E-state index in [1.807, 2.05) is 53.9 Å². The van der Waals surface area contributed by atoms with Gasteiger partial charge in [0.15, 0.2) is 0 Å². The maximum atomic E-state index is 13.6. The van der Waals surface area contributed by atoms with Crippen molar-refractivity contribution in [3.8, 4) is 11.1 Å². The first-order chi connectivity index (χ1) is 14.2. The average molecular weight is 416 g/mol. The number of hydrogen-bond acceptors (Lipinski definition) is 4. The summed E-state index contributed by atoms with van der Waals surface area (Å²) in [5.74, 6) is 0.343. The molecule has 142 valence electrons. The Balaban J connectivity index is 1.87. The molecule has 4 aromatic rings. The summed E-state index contributed by atoms with van der Waals surface area (Å²) in [6.07, 6.45) is 0. The first kappa shape index (κ1) is 18.2. The Labute approximate surface area is 177 Å². The quantitative estimate of drug-likeness (QED) is 0.283. The van der Waals surface area contributed by atoms with Crippen molar-refractivity contribution in [3.63, 3.8) is 0 Å². The van der Waals surface area contributed by atoms with Crippen LogP contribution in [0.2, 0.25) is 0 Å². The second kappa shape index (κ2) is 7.17.